The highest BCUT2D eigenvalue weighted by Gasteiger charge is 2.33. The van der Waals surface area contributed by atoms with Crippen LogP contribution in [0.4, 0.5) is 29.5 Å². The number of anilines is 2. The SMILES string of the molecule is CC(=O)NCC1CN(c2ccc3c(c2)CCN(c2nc4c(cc2F)c(=O)c(C(=O)O)cn4-c2ccc(F)cc2F)CC3)C(=O)O1. The van der Waals surface area contributed by atoms with Gasteiger partial charge in [-0.2, -0.15) is 0 Å². The number of hydrogen-bond donors (Lipinski definition) is 2. The maximum atomic E-state index is 15.6. The number of carbonyl (C=O) groups is 3. The number of nitrogens with one attached hydrogen (secondary N) is 1. The summed E-state index contributed by atoms with van der Waals surface area (Å²) < 4.78 is 50.5. The topological polar surface area (TPSA) is 134 Å². The summed E-state index contributed by atoms with van der Waals surface area (Å²) in [7, 11) is 0. The number of halogens is 3. The molecule has 2 aliphatic rings. The summed E-state index contributed by atoms with van der Waals surface area (Å²) in [6, 6.07) is 9.08. The quantitative estimate of drug-likeness (QED) is 0.334. The zero-order valence-corrected chi connectivity index (χ0v) is 23.8. The molecule has 1 fully saturated rings. The van der Waals surface area contributed by atoms with E-state index in [9.17, 15) is 33.1 Å². The Kier molecular flexibility index (Phi) is 7.64. The third-order valence-corrected chi connectivity index (χ3v) is 7.87. The zero-order valence-electron chi connectivity index (χ0n) is 23.8. The Labute approximate surface area is 253 Å². The Bertz CT molecular complexity index is 1950. The van der Waals surface area contributed by atoms with Crippen LogP contribution >= 0.6 is 0 Å². The van der Waals surface area contributed by atoms with E-state index in [1.54, 1.807) is 11.0 Å². The molecule has 1 saturated heterocycles. The maximum absolute atomic E-state index is 15.6. The third-order valence-electron chi connectivity index (χ3n) is 7.87. The maximum Gasteiger partial charge on any atom is 0.414 e. The normalized spacial score (nSPS) is 16.4. The fourth-order valence-electron chi connectivity index (χ4n) is 5.64. The molecule has 2 aromatic heterocycles. The van der Waals surface area contributed by atoms with Crippen molar-refractivity contribution in [2.24, 2.45) is 0 Å². The first kappa shape index (κ1) is 29.7. The number of amides is 2. The number of carbonyl (C=O) groups excluding carboxylic acids is 2. The van der Waals surface area contributed by atoms with Crippen LogP contribution in [0.15, 0.2) is 53.5 Å². The van der Waals surface area contributed by atoms with Gasteiger partial charge in [0.05, 0.1) is 24.2 Å². The van der Waals surface area contributed by atoms with Crippen LogP contribution in [0.2, 0.25) is 0 Å². The molecule has 2 aromatic carbocycles. The van der Waals surface area contributed by atoms with Gasteiger partial charge in [0.1, 0.15) is 23.3 Å². The van der Waals surface area contributed by atoms with Gasteiger partial charge >= 0.3 is 12.1 Å². The van der Waals surface area contributed by atoms with Crippen LogP contribution in [0.3, 0.4) is 0 Å². The number of pyridine rings is 2. The summed E-state index contributed by atoms with van der Waals surface area (Å²) in [6.07, 6.45) is 0.796. The molecule has 11 nitrogen and oxygen atoms in total. The molecule has 1 unspecified atom stereocenters. The van der Waals surface area contributed by atoms with E-state index in [-0.39, 0.29) is 41.5 Å². The number of hydrogen-bond acceptors (Lipinski definition) is 7. The van der Waals surface area contributed by atoms with Gasteiger partial charge in [0.15, 0.2) is 17.3 Å². The number of cyclic esters (lactones) is 1. The van der Waals surface area contributed by atoms with Gasteiger partial charge in [-0.05, 0) is 54.3 Å². The highest BCUT2D eigenvalue weighted by atomic mass is 19.1. The number of fused-ring (bicyclic) bond motifs is 2. The van der Waals surface area contributed by atoms with Crippen molar-refractivity contribution in [2.75, 3.05) is 36.0 Å². The molecular weight excluding hydrogens is 595 g/mol. The predicted molar refractivity (Wildman–Crippen MR) is 157 cm³/mol. The van der Waals surface area contributed by atoms with Gasteiger partial charge in [-0.3, -0.25) is 19.1 Å². The molecule has 6 rings (SSSR count). The molecule has 45 heavy (non-hydrogen) atoms. The number of carboxylic acid groups (broad SMARTS) is 1. The van der Waals surface area contributed by atoms with Gasteiger partial charge in [-0.15, -0.1) is 0 Å². The lowest BCUT2D eigenvalue weighted by molar-refractivity contribution is -0.119. The molecule has 0 aliphatic carbocycles. The summed E-state index contributed by atoms with van der Waals surface area (Å²) in [6.45, 7) is 2.46. The zero-order chi connectivity index (χ0) is 32.0. The molecule has 0 spiro atoms. The van der Waals surface area contributed by atoms with Crippen molar-refractivity contribution in [3.05, 3.63) is 93.0 Å². The Morgan fingerprint density at radius 1 is 1.02 bits per heavy atom. The monoisotopic (exact) mass is 621 g/mol. The molecule has 0 bridgehead atoms. The molecule has 1 atom stereocenters. The van der Waals surface area contributed by atoms with Crippen LogP contribution in [-0.4, -0.2) is 64.9 Å². The fourth-order valence-corrected chi connectivity index (χ4v) is 5.64. The highest BCUT2D eigenvalue weighted by molar-refractivity contribution is 5.93. The van der Waals surface area contributed by atoms with Crippen molar-refractivity contribution < 1.29 is 37.4 Å². The van der Waals surface area contributed by atoms with Crippen LogP contribution < -0.4 is 20.5 Å². The largest absolute Gasteiger partial charge is 0.477 e. The van der Waals surface area contributed by atoms with E-state index in [0.29, 0.717) is 37.7 Å². The standard InChI is InChI=1S/C31H26F3N5O6/c1-16(40)35-13-21-14-38(31(44)45-21)20-4-2-17-6-8-37(9-7-18(17)10-20)29-25(34)12-22-27(41)23(30(42)43)15-39(28(22)36-29)26-5-3-19(32)11-24(26)33/h2-5,10-12,15,21H,6-9,13-14H2,1H3,(H,35,40)(H,42,43). The number of ether oxygens (including phenoxy) is 1. The molecule has 2 aliphatic heterocycles. The Morgan fingerprint density at radius 3 is 2.49 bits per heavy atom. The molecular formula is C31H26F3N5O6. The number of rotatable bonds is 6. The van der Waals surface area contributed by atoms with Crippen molar-refractivity contribution in [3.8, 4) is 5.69 Å². The highest BCUT2D eigenvalue weighted by Crippen LogP contribution is 2.30. The summed E-state index contributed by atoms with van der Waals surface area (Å²) in [5.74, 6) is -4.72. The van der Waals surface area contributed by atoms with E-state index in [1.165, 1.54) is 11.8 Å². The average molecular weight is 622 g/mol. The Morgan fingerprint density at radius 2 is 1.78 bits per heavy atom. The number of benzene rings is 2. The van der Waals surface area contributed by atoms with Crippen molar-refractivity contribution in [2.45, 2.75) is 25.9 Å². The summed E-state index contributed by atoms with van der Waals surface area (Å²) >= 11 is 0. The first-order chi connectivity index (χ1) is 21.5. The molecule has 4 aromatic rings. The second-order valence-corrected chi connectivity index (χ2v) is 10.8. The first-order valence-corrected chi connectivity index (χ1v) is 14.0. The number of aromatic carboxylic acids is 1. The molecule has 232 valence electrons. The van der Waals surface area contributed by atoms with E-state index in [4.69, 9.17) is 4.74 Å². The van der Waals surface area contributed by atoms with Crippen molar-refractivity contribution in [3.63, 3.8) is 0 Å². The van der Waals surface area contributed by atoms with E-state index < -0.39 is 46.6 Å². The lowest BCUT2D eigenvalue weighted by Crippen LogP contribution is -2.33. The molecule has 2 amide bonds. The van der Waals surface area contributed by atoms with Crippen LogP contribution in [0.5, 0.6) is 0 Å². The molecule has 0 saturated carbocycles. The van der Waals surface area contributed by atoms with Crippen LogP contribution in [0.25, 0.3) is 16.7 Å². The lowest BCUT2D eigenvalue weighted by Gasteiger charge is -2.23. The van der Waals surface area contributed by atoms with E-state index >= 15 is 4.39 Å². The lowest BCUT2D eigenvalue weighted by atomic mass is 10.0. The van der Waals surface area contributed by atoms with Gasteiger partial charge in [-0.25, -0.2) is 27.7 Å². The number of aromatic nitrogens is 2. The van der Waals surface area contributed by atoms with Crippen molar-refractivity contribution >= 4 is 40.5 Å². The minimum absolute atomic E-state index is 0.127. The second kappa shape index (κ2) is 11.6. The fraction of sp³-hybridized carbons (Fsp3) is 0.258. The van der Waals surface area contributed by atoms with Gasteiger partial charge in [-0.1, -0.05) is 6.07 Å². The van der Waals surface area contributed by atoms with Gasteiger partial charge in [0, 0.05) is 38.0 Å². The van der Waals surface area contributed by atoms with E-state index in [1.807, 2.05) is 12.1 Å². The first-order valence-electron chi connectivity index (χ1n) is 14.0. The Balaban J connectivity index is 1.32. The van der Waals surface area contributed by atoms with Gasteiger partial charge < -0.3 is 20.1 Å². The molecule has 0 radical (unpaired) electrons. The van der Waals surface area contributed by atoms with Crippen LogP contribution in [0, 0.1) is 17.5 Å². The molecule has 2 N–H and O–H groups in total. The molecule has 4 heterocycles. The van der Waals surface area contributed by atoms with Gasteiger partial charge in [0.2, 0.25) is 11.3 Å². The van der Waals surface area contributed by atoms with Crippen molar-refractivity contribution in [1.29, 1.82) is 0 Å². The van der Waals surface area contributed by atoms with Crippen LogP contribution in [0.1, 0.15) is 28.4 Å². The Hall–Kier alpha value is -5.40. The average Bonchev–Trinajstić information content (AvgIpc) is 3.24. The predicted octanol–water partition coefficient (Wildman–Crippen LogP) is 3.57. The summed E-state index contributed by atoms with van der Waals surface area (Å²) in [5.41, 5.74) is 0.315. The third kappa shape index (κ3) is 5.66. The minimum atomic E-state index is -1.60. The summed E-state index contributed by atoms with van der Waals surface area (Å²) in [4.78, 5) is 56.1. The van der Waals surface area contributed by atoms with E-state index in [2.05, 4.69) is 10.3 Å². The number of carboxylic acids is 1. The number of nitrogens with zero attached hydrogens (tertiary/aromatic N) is 4. The second-order valence-electron chi connectivity index (χ2n) is 10.8. The smallest absolute Gasteiger partial charge is 0.414 e. The van der Waals surface area contributed by atoms with Gasteiger partial charge in [0.25, 0.3) is 0 Å². The minimum Gasteiger partial charge on any atom is -0.477 e. The summed E-state index contributed by atoms with van der Waals surface area (Å²) in [5, 5.41) is 11.8. The molecule has 14 heteroatoms. The van der Waals surface area contributed by atoms with Crippen LogP contribution in [-0.2, 0) is 22.4 Å². The van der Waals surface area contributed by atoms with Crippen molar-refractivity contribution in [1.82, 2.24) is 14.9 Å². The van der Waals surface area contributed by atoms with E-state index in [0.717, 1.165) is 40.1 Å².